The molecule has 1 aromatic carbocycles. The van der Waals surface area contributed by atoms with Gasteiger partial charge in [0.15, 0.2) is 17.1 Å². The van der Waals surface area contributed by atoms with Crippen LogP contribution in [0.25, 0.3) is 17.0 Å². The maximum Gasteiger partial charge on any atom is 0.272 e. The third kappa shape index (κ3) is 4.71. The Labute approximate surface area is 188 Å². The van der Waals surface area contributed by atoms with Crippen molar-refractivity contribution in [2.75, 3.05) is 11.9 Å². The molecule has 1 aliphatic rings. The summed E-state index contributed by atoms with van der Waals surface area (Å²) in [7, 11) is 0. The number of hydrogen-bond donors (Lipinski definition) is 2. The summed E-state index contributed by atoms with van der Waals surface area (Å²) in [6.45, 7) is 2.11. The van der Waals surface area contributed by atoms with E-state index in [1.54, 1.807) is 37.3 Å². The average molecular weight is 452 g/mol. The number of hydrogen-bond acceptors (Lipinski definition) is 8. The fourth-order valence-corrected chi connectivity index (χ4v) is 3.01. The SMILES string of the molecule is Cc1oncc1C(O)=C(C#N)C(=O)Nc1ncc(OCC2CC2)c(-c2ccc(Cl)cc2)n1. The van der Waals surface area contributed by atoms with E-state index in [0.29, 0.717) is 29.0 Å². The highest BCUT2D eigenvalue weighted by molar-refractivity contribution is 6.30. The lowest BCUT2D eigenvalue weighted by atomic mass is 10.1. The average Bonchev–Trinajstić information content (AvgIpc) is 3.52. The van der Waals surface area contributed by atoms with Gasteiger partial charge in [-0.3, -0.25) is 10.1 Å². The van der Waals surface area contributed by atoms with Crippen molar-refractivity contribution in [2.24, 2.45) is 5.92 Å². The first kappa shape index (κ1) is 21.3. The van der Waals surface area contributed by atoms with Crippen LogP contribution < -0.4 is 10.1 Å². The van der Waals surface area contributed by atoms with Crippen LogP contribution in [0.3, 0.4) is 0 Å². The van der Waals surface area contributed by atoms with Crippen molar-refractivity contribution in [3.05, 3.63) is 58.6 Å². The van der Waals surface area contributed by atoms with Crippen LogP contribution in [0.5, 0.6) is 5.75 Å². The number of amides is 1. The molecule has 0 atom stereocenters. The zero-order valence-electron chi connectivity index (χ0n) is 17.0. The molecule has 0 bridgehead atoms. The maximum atomic E-state index is 12.7. The lowest BCUT2D eigenvalue weighted by molar-refractivity contribution is -0.112. The van der Waals surface area contributed by atoms with Gasteiger partial charge in [-0.2, -0.15) is 5.26 Å². The van der Waals surface area contributed by atoms with Crippen molar-refractivity contribution < 1.29 is 19.2 Å². The van der Waals surface area contributed by atoms with Gasteiger partial charge < -0.3 is 14.4 Å². The molecule has 162 valence electrons. The summed E-state index contributed by atoms with van der Waals surface area (Å²) in [5, 5.41) is 26.3. The summed E-state index contributed by atoms with van der Waals surface area (Å²) < 4.78 is 10.8. The van der Waals surface area contributed by atoms with Crippen molar-refractivity contribution >= 4 is 29.2 Å². The van der Waals surface area contributed by atoms with E-state index in [4.69, 9.17) is 20.9 Å². The Balaban J connectivity index is 1.63. The Morgan fingerprint density at radius 1 is 1.34 bits per heavy atom. The first-order valence-corrected chi connectivity index (χ1v) is 10.2. The molecule has 1 aliphatic carbocycles. The summed E-state index contributed by atoms with van der Waals surface area (Å²) in [5.74, 6) is -0.219. The Kier molecular flexibility index (Phi) is 6.05. The molecule has 2 heterocycles. The van der Waals surface area contributed by atoms with Gasteiger partial charge in [-0.25, -0.2) is 9.97 Å². The number of aryl methyl sites for hydroxylation is 1. The van der Waals surface area contributed by atoms with Crippen molar-refractivity contribution in [3.63, 3.8) is 0 Å². The van der Waals surface area contributed by atoms with Gasteiger partial charge in [0.1, 0.15) is 17.5 Å². The van der Waals surface area contributed by atoms with E-state index in [1.807, 2.05) is 0 Å². The van der Waals surface area contributed by atoms with E-state index in [2.05, 4.69) is 20.4 Å². The van der Waals surface area contributed by atoms with Gasteiger partial charge in [0.05, 0.1) is 24.6 Å². The lowest BCUT2D eigenvalue weighted by Gasteiger charge is -2.12. The standard InChI is InChI=1S/C22H18ClN5O4/c1-12-17(9-26-32-12)20(29)16(8-24)21(30)28-22-25-10-18(31-11-13-2-3-13)19(27-22)14-4-6-15(23)7-5-14/h4-7,9-10,13,29H,2-3,11H2,1H3,(H,25,27,28,30). The quantitative estimate of drug-likeness (QED) is 0.308. The highest BCUT2D eigenvalue weighted by Crippen LogP contribution is 2.33. The number of nitriles is 1. The van der Waals surface area contributed by atoms with E-state index in [9.17, 15) is 15.2 Å². The van der Waals surface area contributed by atoms with Crippen LogP contribution in [0.15, 0.2) is 46.8 Å². The van der Waals surface area contributed by atoms with Crippen LogP contribution in [0.4, 0.5) is 5.95 Å². The molecule has 2 N–H and O–H groups in total. The number of halogens is 1. The third-order valence-corrected chi connectivity index (χ3v) is 5.10. The molecule has 32 heavy (non-hydrogen) atoms. The number of aliphatic hydroxyl groups excluding tert-OH is 1. The molecule has 2 aromatic heterocycles. The summed E-state index contributed by atoms with van der Waals surface area (Å²) >= 11 is 5.99. The molecule has 1 fully saturated rings. The topological polar surface area (TPSA) is 134 Å². The molecule has 1 saturated carbocycles. The summed E-state index contributed by atoms with van der Waals surface area (Å²) in [4.78, 5) is 21.2. The van der Waals surface area contributed by atoms with Crippen molar-refractivity contribution in [1.82, 2.24) is 15.1 Å². The van der Waals surface area contributed by atoms with Gasteiger partial charge in [-0.1, -0.05) is 28.9 Å². The van der Waals surface area contributed by atoms with E-state index in [1.165, 1.54) is 12.4 Å². The van der Waals surface area contributed by atoms with Gasteiger partial charge in [0, 0.05) is 10.6 Å². The minimum atomic E-state index is -0.876. The second-order valence-electron chi connectivity index (χ2n) is 7.25. The first-order chi connectivity index (χ1) is 15.5. The molecule has 0 saturated heterocycles. The van der Waals surface area contributed by atoms with E-state index < -0.39 is 17.2 Å². The smallest absolute Gasteiger partial charge is 0.272 e. The molecular weight excluding hydrogens is 434 g/mol. The van der Waals surface area contributed by atoms with Crippen LogP contribution in [-0.2, 0) is 4.79 Å². The number of anilines is 1. The molecule has 0 aliphatic heterocycles. The molecule has 0 unspecified atom stereocenters. The van der Waals surface area contributed by atoms with Crippen LogP contribution in [0, 0.1) is 24.2 Å². The molecule has 1 amide bonds. The molecule has 0 radical (unpaired) electrons. The number of aliphatic hydroxyl groups is 1. The second kappa shape index (κ2) is 9.08. The van der Waals surface area contributed by atoms with Crippen LogP contribution in [0.1, 0.15) is 24.2 Å². The number of rotatable bonds is 7. The fourth-order valence-electron chi connectivity index (χ4n) is 2.88. The highest BCUT2D eigenvalue weighted by atomic mass is 35.5. The fraction of sp³-hybridized carbons (Fsp3) is 0.227. The predicted octanol–water partition coefficient (Wildman–Crippen LogP) is 4.31. The van der Waals surface area contributed by atoms with Crippen LogP contribution >= 0.6 is 11.6 Å². The van der Waals surface area contributed by atoms with Gasteiger partial charge >= 0.3 is 0 Å². The summed E-state index contributed by atoms with van der Waals surface area (Å²) in [5.41, 5.74) is 0.802. The van der Waals surface area contributed by atoms with Crippen LogP contribution in [0.2, 0.25) is 5.02 Å². The summed E-state index contributed by atoms with van der Waals surface area (Å²) in [6, 6.07) is 8.69. The number of nitrogens with one attached hydrogen (secondary N) is 1. The lowest BCUT2D eigenvalue weighted by Crippen LogP contribution is -2.17. The summed E-state index contributed by atoms with van der Waals surface area (Å²) in [6.07, 6.45) is 4.94. The minimum Gasteiger partial charge on any atom is -0.506 e. The number of carbonyl (C=O) groups is 1. The molecule has 10 heteroatoms. The van der Waals surface area contributed by atoms with Crippen molar-refractivity contribution in [3.8, 4) is 23.1 Å². The Morgan fingerprint density at radius 3 is 2.72 bits per heavy atom. The number of nitrogens with zero attached hydrogens (tertiary/aromatic N) is 4. The number of ether oxygens (including phenoxy) is 1. The van der Waals surface area contributed by atoms with E-state index in [0.717, 1.165) is 18.4 Å². The molecule has 9 nitrogen and oxygen atoms in total. The van der Waals surface area contributed by atoms with E-state index in [-0.39, 0.29) is 17.3 Å². The normalized spacial score (nSPS) is 13.8. The molecule has 4 rings (SSSR count). The van der Waals surface area contributed by atoms with Gasteiger partial charge in [0.25, 0.3) is 5.91 Å². The van der Waals surface area contributed by atoms with Crippen LogP contribution in [-0.4, -0.2) is 32.7 Å². The largest absolute Gasteiger partial charge is 0.506 e. The zero-order valence-corrected chi connectivity index (χ0v) is 17.8. The first-order valence-electron chi connectivity index (χ1n) is 9.78. The number of benzene rings is 1. The highest BCUT2D eigenvalue weighted by Gasteiger charge is 2.24. The minimum absolute atomic E-state index is 0.0543. The molecule has 3 aromatic rings. The van der Waals surface area contributed by atoms with Crippen molar-refractivity contribution in [1.29, 1.82) is 5.26 Å². The third-order valence-electron chi connectivity index (χ3n) is 4.85. The van der Waals surface area contributed by atoms with Gasteiger partial charge in [-0.05, 0) is 37.8 Å². The Bertz CT molecular complexity index is 1230. The van der Waals surface area contributed by atoms with Crippen molar-refractivity contribution in [2.45, 2.75) is 19.8 Å². The number of carbonyl (C=O) groups excluding carboxylic acids is 1. The molecule has 0 spiro atoms. The Morgan fingerprint density at radius 2 is 2.09 bits per heavy atom. The Hall–Kier alpha value is -3.90. The van der Waals surface area contributed by atoms with E-state index >= 15 is 0 Å². The second-order valence-corrected chi connectivity index (χ2v) is 7.69. The van der Waals surface area contributed by atoms with Gasteiger partial charge in [-0.15, -0.1) is 0 Å². The number of aromatic nitrogens is 3. The molecular formula is C22H18ClN5O4. The monoisotopic (exact) mass is 451 g/mol. The van der Waals surface area contributed by atoms with Gasteiger partial charge in [0.2, 0.25) is 5.95 Å². The predicted molar refractivity (Wildman–Crippen MR) is 116 cm³/mol. The zero-order chi connectivity index (χ0) is 22.7. The maximum absolute atomic E-state index is 12.7.